The number of aliphatic hydroxyl groups excluding tert-OH is 1. The van der Waals surface area contributed by atoms with Gasteiger partial charge in [0.15, 0.2) is 5.82 Å². The fourth-order valence-electron chi connectivity index (χ4n) is 2.01. The molecule has 1 heterocycles. The van der Waals surface area contributed by atoms with E-state index in [-0.39, 0.29) is 12.0 Å². The van der Waals surface area contributed by atoms with E-state index in [9.17, 15) is 5.11 Å². The number of nitrogens with zero attached hydrogens (tertiary/aromatic N) is 3. The summed E-state index contributed by atoms with van der Waals surface area (Å²) in [7, 11) is 0. The van der Waals surface area contributed by atoms with Crippen molar-refractivity contribution in [2.24, 2.45) is 0 Å². The van der Waals surface area contributed by atoms with E-state index >= 15 is 0 Å². The van der Waals surface area contributed by atoms with E-state index < -0.39 is 0 Å². The average Bonchev–Trinajstić information content (AvgIpc) is 2.89. The fraction of sp³-hybridized carbons (Fsp3) is 0.500. The molecule has 0 unspecified atom stereocenters. The van der Waals surface area contributed by atoms with E-state index in [2.05, 4.69) is 47.9 Å². The van der Waals surface area contributed by atoms with Crippen molar-refractivity contribution >= 4 is 0 Å². The molecule has 5 nitrogen and oxygen atoms in total. The minimum atomic E-state index is -0.122. The van der Waals surface area contributed by atoms with Crippen LogP contribution < -0.4 is 0 Å². The van der Waals surface area contributed by atoms with Gasteiger partial charge in [0.05, 0.1) is 13.2 Å². The van der Waals surface area contributed by atoms with Gasteiger partial charge in [-0.2, -0.15) is 4.98 Å². The topological polar surface area (TPSA) is 62.4 Å². The van der Waals surface area contributed by atoms with Crippen molar-refractivity contribution in [3.63, 3.8) is 0 Å². The monoisotopic (exact) mass is 289 g/mol. The summed E-state index contributed by atoms with van der Waals surface area (Å²) < 4.78 is 5.32. The molecule has 0 radical (unpaired) electrons. The standard InChI is InChI=1S/C16H23N3O2/c1-16(2,3)15-17-14(21-18-15)12-19(9-10-20)11-13-7-5-4-6-8-13/h4-8,20H,9-12H2,1-3H3. The Bertz CT molecular complexity index is 546. The molecule has 0 spiro atoms. The van der Waals surface area contributed by atoms with Crippen LogP contribution in [0.5, 0.6) is 0 Å². The summed E-state index contributed by atoms with van der Waals surface area (Å²) in [5.41, 5.74) is 1.07. The predicted octanol–water partition coefficient (Wildman–Crippen LogP) is 2.36. The number of benzene rings is 1. The number of rotatable bonds is 6. The first kappa shape index (κ1) is 15.7. The van der Waals surface area contributed by atoms with Crippen LogP contribution in [0.15, 0.2) is 34.9 Å². The zero-order chi connectivity index (χ0) is 15.3. The molecule has 0 amide bonds. The first-order valence-corrected chi connectivity index (χ1v) is 7.19. The number of hydrogen-bond donors (Lipinski definition) is 1. The molecular weight excluding hydrogens is 266 g/mol. The highest BCUT2D eigenvalue weighted by Gasteiger charge is 2.21. The Morgan fingerprint density at radius 3 is 2.43 bits per heavy atom. The van der Waals surface area contributed by atoms with E-state index in [1.54, 1.807) is 0 Å². The molecule has 1 aromatic carbocycles. The van der Waals surface area contributed by atoms with Crippen LogP contribution in [0.4, 0.5) is 0 Å². The molecule has 0 atom stereocenters. The second kappa shape index (κ2) is 6.83. The largest absolute Gasteiger partial charge is 0.395 e. The van der Waals surface area contributed by atoms with Gasteiger partial charge < -0.3 is 9.63 Å². The molecule has 0 fully saturated rings. The van der Waals surface area contributed by atoms with Crippen LogP contribution in [0.2, 0.25) is 0 Å². The Morgan fingerprint density at radius 2 is 1.86 bits per heavy atom. The second-order valence-corrected chi connectivity index (χ2v) is 6.18. The average molecular weight is 289 g/mol. The third-order valence-electron chi connectivity index (χ3n) is 3.16. The molecule has 2 rings (SSSR count). The Hall–Kier alpha value is -1.72. The highest BCUT2D eigenvalue weighted by atomic mass is 16.5. The fourth-order valence-corrected chi connectivity index (χ4v) is 2.01. The minimum absolute atomic E-state index is 0.104. The lowest BCUT2D eigenvalue weighted by molar-refractivity contribution is 0.167. The Morgan fingerprint density at radius 1 is 1.14 bits per heavy atom. The molecule has 0 aliphatic rings. The summed E-state index contributed by atoms with van der Waals surface area (Å²) in [6, 6.07) is 10.2. The molecule has 21 heavy (non-hydrogen) atoms. The molecule has 1 aromatic heterocycles. The van der Waals surface area contributed by atoms with Gasteiger partial charge in [-0.25, -0.2) is 0 Å². The van der Waals surface area contributed by atoms with Crippen molar-refractivity contribution in [3.05, 3.63) is 47.6 Å². The van der Waals surface area contributed by atoms with Gasteiger partial charge in [0, 0.05) is 18.5 Å². The highest BCUT2D eigenvalue weighted by Crippen LogP contribution is 2.19. The molecule has 0 saturated heterocycles. The van der Waals surface area contributed by atoms with E-state index in [1.807, 2.05) is 18.2 Å². The lowest BCUT2D eigenvalue weighted by Crippen LogP contribution is -2.26. The van der Waals surface area contributed by atoms with Crippen LogP contribution in [0.25, 0.3) is 0 Å². The number of aliphatic hydroxyl groups is 1. The Kier molecular flexibility index (Phi) is 5.09. The van der Waals surface area contributed by atoms with E-state index in [0.29, 0.717) is 24.8 Å². The summed E-state index contributed by atoms with van der Waals surface area (Å²) >= 11 is 0. The van der Waals surface area contributed by atoms with Crippen LogP contribution in [-0.4, -0.2) is 33.3 Å². The summed E-state index contributed by atoms with van der Waals surface area (Å²) in [6.45, 7) is 8.12. The summed E-state index contributed by atoms with van der Waals surface area (Å²) in [5, 5.41) is 13.3. The summed E-state index contributed by atoms with van der Waals surface area (Å²) in [5.74, 6) is 1.30. The van der Waals surface area contributed by atoms with Crippen molar-refractivity contribution in [1.82, 2.24) is 15.0 Å². The molecule has 1 N–H and O–H groups in total. The van der Waals surface area contributed by atoms with Gasteiger partial charge in [-0.1, -0.05) is 56.3 Å². The van der Waals surface area contributed by atoms with Gasteiger partial charge in [0.2, 0.25) is 5.89 Å². The maximum atomic E-state index is 9.22. The van der Waals surface area contributed by atoms with Gasteiger partial charge in [0.25, 0.3) is 0 Å². The molecular formula is C16H23N3O2. The van der Waals surface area contributed by atoms with Gasteiger partial charge in [-0.15, -0.1) is 0 Å². The second-order valence-electron chi connectivity index (χ2n) is 6.18. The third-order valence-corrected chi connectivity index (χ3v) is 3.16. The van der Waals surface area contributed by atoms with Crippen LogP contribution in [0.3, 0.4) is 0 Å². The quantitative estimate of drug-likeness (QED) is 0.884. The minimum Gasteiger partial charge on any atom is -0.395 e. The maximum absolute atomic E-state index is 9.22. The van der Waals surface area contributed by atoms with E-state index in [0.717, 1.165) is 6.54 Å². The number of aromatic nitrogens is 2. The summed E-state index contributed by atoms with van der Waals surface area (Å²) in [4.78, 5) is 6.54. The molecule has 114 valence electrons. The van der Waals surface area contributed by atoms with Gasteiger partial charge in [-0.05, 0) is 5.56 Å². The van der Waals surface area contributed by atoms with Crippen LogP contribution in [0, 0.1) is 0 Å². The van der Waals surface area contributed by atoms with Crippen molar-refractivity contribution in [2.75, 3.05) is 13.2 Å². The zero-order valence-electron chi connectivity index (χ0n) is 12.9. The predicted molar refractivity (Wildman–Crippen MR) is 80.6 cm³/mol. The Labute approximate surface area is 125 Å². The van der Waals surface area contributed by atoms with Crippen molar-refractivity contribution in [1.29, 1.82) is 0 Å². The third kappa shape index (κ3) is 4.65. The van der Waals surface area contributed by atoms with Crippen LogP contribution in [-0.2, 0) is 18.5 Å². The molecule has 5 heteroatoms. The number of hydrogen-bond acceptors (Lipinski definition) is 5. The first-order chi connectivity index (χ1) is 9.99. The van der Waals surface area contributed by atoms with Crippen molar-refractivity contribution in [2.45, 2.75) is 39.3 Å². The van der Waals surface area contributed by atoms with Gasteiger partial charge in [0.1, 0.15) is 0 Å². The van der Waals surface area contributed by atoms with Crippen LogP contribution >= 0.6 is 0 Å². The molecule has 0 bridgehead atoms. The van der Waals surface area contributed by atoms with Gasteiger partial charge in [-0.3, -0.25) is 4.90 Å². The zero-order valence-corrected chi connectivity index (χ0v) is 12.9. The maximum Gasteiger partial charge on any atom is 0.240 e. The van der Waals surface area contributed by atoms with Crippen molar-refractivity contribution in [3.8, 4) is 0 Å². The molecule has 0 aliphatic heterocycles. The smallest absolute Gasteiger partial charge is 0.240 e. The molecule has 0 saturated carbocycles. The first-order valence-electron chi connectivity index (χ1n) is 7.19. The van der Waals surface area contributed by atoms with Gasteiger partial charge >= 0.3 is 0 Å². The summed E-state index contributed by atoms with van der Waals surface area (Å²) in [6.07, 6.45) is 0. The van der Waals surface area contributed by atoms with Crippen molar-refractivity contribution < 1.29 is 9.63 Å². The van der Waals surface area contributed by atoms with E-state index in [4.69, 9.17) is 4.52 Å². The molecule has 0 aliphatic carbocycles. The highest BCUT2D eigenvalue weighted by molar-refractivity contribution is 5.14. The molecule has 2 aromatic rings. The van der Waals surface area contributed by atoms with Crippen LogP contribution in [0.1, 0.15) is 38.0 Å². The normalized spacial score (nSPS) is 12.0. The lowest BCUT2D eigenvalue weighted by atomic mass is 9.96. The Balaban J connectivity index is 2.04. The lowest BCUT2D eigenvalue weighted by Gasteiger charge is -2.19. The van der Waals surface area contributed by atoms with E-state index in [1.165, 1.54) is 5.56 Å². The SMILES string of the molecule is CC(C)(C)c1noc(CN(CCO)Cc2ccccc2)n1.